The van der Waals surface area contributed by atoms with Gasteiger partial charge in [-0.25, -0.2) is 8.42 Å². The molecule has 0 aromatic carbocycles. The maximum Gasteiger partial charge on any atom is 0.308 e. The molecule has 1 saturated heterocycles. The molecule has 1 aliphatic rings. The first-order valence-corrected chi connectivity index (χ1v) is 11.4. The summed E-state index contributed by atoms with van der Waals surface area (Å²) in [6, 6.07) is 5.58. The fraction of sp³-hybridized carbons (Fsp3) is 0.389. The molecule has 0 radical (unpaired) electrons. The van der Waals surface area contributed by atoms with Gasteiger partial charge in [0.1, 0.15) is 10.6 Å². The summed E-state index contributed by atoms with van der Waals surface area (Å²) in [5.41, 5.74) is 1.88. The molecular formula is C18H21N5O4S2. The summed E-state index contributed by atoms with van der Waals surface area (Å²) < 4.78 is 34.1. The lowest BCUT2D eigenvalue weighted by atomic mass is 10.3. The quantitative estimate of drug-likeness (QED) is 0.599. The van der Waals surface area contributed by atoms with Gasteiger partial charge < -0.3 is 4.52 Å². The van der Waals surface area contributed by atoms with Gasteiger partial charge in [0.05, 0.1) is 18.1 Å². The minimum atomic E-state index is -3.65. The number of hydrogen-bond acceptors (Lipinski definition) is 8. The number of sulfonamides is 1. The van der Waals surface area contributed by atoms with Gasteiger partial charge in [0.2, 0.25) is 10.0 Å². The number of hydrogen-bond donors (Lipinski definition) is 0. The molecule has 0 amide bonds. The highest BCUT2D eigenvalue weighted by Gasteiger charge is 2.33. The molecule has 0 spiro atoms. The number of piperazine rings is 1. The average Bonchev–Trinajstić information content (AvgIpc) is 3.25. The fourth-order valence-electron chi connectivity index (χ4n) is 3.46. The molecule has 4 heterocycles. The van der Waals surface area contributed by atoms with Gasteiger partial charge >= 0.3 is 4.87 Å². The van der Waals surface area contributed by atoms with Gasteiger partial charge in [-0.15, -0.1) is 0 Å². The number of aryl methyl sites for hydroxylation is 2. The van der Waals surface area contributed by atoms with Gasteiger partial charge in [-0.3, -0.25) is 19.2 Å². The molecule has 154 valence electrons. The Morgan fingerprint density at radius 1 is 1.17 bits per heavy atom. The lowest BCUT2D eigenvalue weighted by Crippen LogP contribution is -2.49. The van der Waals surface area contributed by atoms with Crippen molar-refractivity contribution in [3.05, 3.63) is 50.9 Å². The normalized spacial score (nSPS) is 16.3. The van der Waals surface area contributed by atoms with Gasteiger partial charge in [-0.2, -0.15) is 4.31 Å². The molecular weight excluding hydrogens is 414 g/mol. The van der Waals surface area contributed by atoms with E-state index in [2.05, 4.69) is 15.0 Å². The molecule has 4 rings (SSSR count). The first-order chi connectivity index (χ1) is 13.9. The maximum absolute atomic E-state index is 13.0. The molecule has 0 bridgehead atoms. The summed E-state index contributed by atoms with van der Waals surface area (Å²) in [7, 11) is -3.65. The van der Waals surface area contributed by atoms with Gasteiger partial charge in [-0.05, 0) is 26.0 Å². The smallest absolute Gasteiger partial charge is 0.308 e. The molecule has 0 saturated carbocycles. The highest BCUT2D eigenvalue weighted by atomic mass is 32.2. The topological polar surface area (TPSA) is 102 Å². The van der Waals surface area contributed by atoms with E-state index >= 15 is 0 Å². The molecule has 11 heteroatoms. The van der Waals surface area contributed by atoms with Crippen LogP contribution in [0.15, 0.2) is 44.0 Å². The second-order valence-electron chi connectivity index (χ2n) is 6.85. The molecule has 0 unspecified atom stereocenters. The van der Waals surface area contributed by atoms with Crippen molar-refractivity contribution < 1.29 is 12.9 Å². The zero-order valence-electron chi connectivity index (χ0n) is 16.1. The van der Waals surface area contributed by atoms with Crippen LogP contribution < -0.4 is 4.87 Å². The molecule has 3 aromatic heterocycles. The van der Waals surface area contributed by atoms with Crippen LogP contribution in [0.1, 0.15) is 11.5 Å². The second-order valence-corrected chi connectivity index (χ2v) is 9.54. The van der Waals surface area contributed by atoms with Crippen molar-refractivity contribution in [3.63, 3.8) is 0 Å². The number of thiazole rings is 1. The Morgan fingerprint density at radius 2 is 1.93 bits per heavy atom. The van der Waals surface area contributed by atoms with Crippen molar-refractivity contribution >= 4 is 21.4 Å². The summed E-state index contributed by atoms with van der Waals surface area (Å²) in [5, 5.41) is 5.56. The Hall–Kier alpha value is -2.34. The van der Waals surface area contributed by atoms with Gasteiger partial charge in [0.15, 0.2) is 5.76 Å². The van der Waals surface area contributed by atoms with E-state index in [1.807, 2.05) is 23.6 Å². The van der Waals surface area contributed by atoms with E-state index in [1.165, 1.54) is 4.31 Å². The predicted octanol–water partition coefficient (Wildman–Crippen LogP) is 1.54. The SMILES string of the molecule is Cc1noc(C)c1S(=O)(=O)N1CCN(Cn2c(-c3ccccn3)csc2=O)CC1. The van der Waals surface area contributed by atoms with Crippen LogP contribution in [0.5, 0.6) is 0 Å². The Kier molecular flexibility index (Phi) is 5.38. The second kappa shape index (κ2) is 7.82. The summed E-state index contributed by atoms with van der Waals surface area (Å²) in [6.07, 6.45) is 1.69. The van der Waals surface area contributed by atoms with Crippen LogP contribution in [0.2, 0.25) is 0 Å². The van der Waals surface area contributed by atoms with Gasteiger partial charge in [0.25, 0.3) is 0 Å². The zero-order chi connectivity index (χ0) is 20.6. The highest BCUT2D eigenvalue weighted by molar-refractivity contribution is 7.89. The van der Waals surface area contributed by atoms with E-state index in [0.29, 0.717) is 44.3 Å². The Labute approximate surface area is 172 Å². The van der Waals surface area contributed by atoms with Crippen molar-refractivity contribution in [2.75, 3.05) is 26.2 Å². The van der Waals surface area contributed by atoms with Crippen LogP contribution in [-0.4, -0.2) is 58.5 Å². The third-order valence-corrected chi connectivity index (χ3v) is 7.86. The van der Waals surface area contributed by atoms with Crippen molar-refractivity contribution in [2.24, 2.45) is 0 Å². The van der Waals surface area contributed by atoms with Crippen molar-refractivity contribution in [2.45, 2.75) is 25.4 Å². The third kappa shape index (κ3) is 3.78. The molecule has 29 heavy (non-hydrogen) atoms. The first kappa shape index (κ1) is 20.0. The maximum atomic E-state index is 13.0. The first-order valence-electron chi connectivity index (χ1n) is 9.13. The van der Waals surface area contributed by atoms with Crippen LogP contribution in [0, 0.1) is 13.8 Å². The summed E-state index contributed by atoms with van der Waals surface area (Å²) in [6.45, 7) is 5.34. The standard InChI is InChI=1S/C18H21N5O4S2/c1-13-17(14(2)27-20-13)29(25,26)22-9-7-21(8-10-22)12-23-16(11-28-18(23)24)15-5-3-4-6-19-15/h3-6,11H,7-10,12H2,1-2H3. The number of pyridine rings is 1. The largest absolute Gasteiger partial charge is 0.360 e. The molecule has 1 fully saturated rings. The zero-order valence-corrected chi connectivity index (χ0v) is 17.7. The minimum Gasteiger partial charge on any atom is -0.360 e. The Morgan fingerprint density at radius 3 is 2.55 bits per heavy atom. The van der Waals surface area contributed by atoms with Crippen molar-refractivity contribution in [3.8, 4) is 11.4 Å². The monoisotopic (exact) mass is 435 g/mol. The van der Waals surface area contributed by atoms with Crippen molar-refractivity contribution in [1.82, 2.24) is 23.9 Å². The van der Waals surface area contributed by atoms with Gasteiger partial charge in [-0.1, -0.05) is 22.6 Å². The van der Waals surface area contributed by atoms with E-state index in [-0.39, 0.29) is 9.77 Å². The molecule has 9 nitrogen and oxygen atoms in total. The van der Waals surface area contributed by atoms with Gasteiger partial charge in [0, 0.05) is 37.8 Å². The average molecular weight is 436 g/mol. The molecule has 0 N–H and O–H groups in total. The lowest BCUT2D eigenvalue weighted by Gasteiger charge is -2.34. The van der Waals surface area contributed by atoms with E-state index in [1.54, 1.807) is 24.6 Å². The van der Waals surface area contributed by atoms with Crippen LogP contribution in [0.4, 0.5) is 0 Å². The van der Waals surface area contributed by atoms with Crippen LogP contribution in [0.25, 0.3) is 11.4 Å². The Balaban J connectivity index is 1.48. The summed E-state index contributed by atoms with van der Waals surface area (Å²) >= 11 is 1.14. The highest BCUT2D eigenvalue weighted by Crippen LogP contribution is 2.24. The van der Waals surface area contributed by atoms with E-state index < -0.39 is 10.0 Å². The molecule has 3 aromatic rings. The summed E-state index contributed by atoms with van der Waals surface area (Å²) in [5.74, 6) is 0.301. The fourth-order valence-corrected chi connectivity index (χ4v) is 5.92. The van der Waals surface area contributed by atoms with Crippen molar-refractivity contribution in [1.29, 1.82) is 0 Å². The van der Waals surface area contributed by atoms with E-state index in [0.717, 1.165) is 22.7 Å². The number of nitrogens with zero attached hydrogens (tertiary/aromatic N) is 5. The number of aromatic nitrogens is 3. The van der Waals surface area contributed by atoms with Crippen LogP contribution in [0.3, 0.4) is 0 Å². The van der Waals surface area contributed by atoms with E-state index in [9.17, 15) is 13.2 Å². The lowest BCUT2D eigenvalue weighted by molar-refractivity contribution is 0.152. The van der Waals surface area contributed by atoms with E-state index in [4.69, 9.17) is 4.52 Å². The van der Waals surface area contributed by atoms with Crippen LogP contribution >= 0.6 is 11.3 Å². The van der Waals surface area contributed by atoms with Crippen LogP contribution in [-0.2, 0) is 16.7 Å². The summed E-state index contributed by atoms with van der Waals surface area (Å²) in [4.78, 5) is 18.8. The molecule has 0 atom stereocenters. The molecule has 0 aliphatic carbocycles. The third-order valence-electron chi connectivity index (χ3n) is 4.95. The molecule has 1 aliphatic heterocycles. The predicted molar refractivity (Wildman–Crippen MR) is 108 cm³/mol. The number of rotatable bonds is 5. The Bertz CT molecular complexity index is 1140. The minimum absolute atomic E-state index is 0.0589.